The van der Waals surface area contributed by atoms with Gasteiger partial charge in [0.1, 0.15) is 17.7 Å². The Balaban J connectivity index is 1.57. The van der Waals surface area contributed by atoms with Gasteiger partial charge >= 0.3 is 0 Å². The van der Waals surface area contributed by atoms with E-state index in [1.54, 1.807) is 56.3 Å². The van der Waals surface area contributed by atoms with Crippen molar-refractivity contribution in [1.29, 1.82) is 26.3 Å². The summed E-state index contributed by atoms with van der Waals surface area (Å²) in [7, 11) is 0. The molecular weight excluding hydrogens is 607 g/mol. The lowest BCUT2D eigenvalue weighted by atomic mass is 9.98. The van der Waals surface area contributed by atoms with Gasteiger partial charge in [-0.05, 0) is 103 Å². The molecule has 0 bridgehead atoms. The molecule has 0 aliphatic heterocycles. The number of fused-ring (bicyclic) bond motifs is 3. The van der Waals surface area contributed by atoms with Crippen molar-refractivity contribution in [2.24, 2.45) is 0 Å². The van der Waals surface area contributed by atoms with Crippen LogP contribution in [0, 0.1) is 70.5 Å². The third-order valence-electron chi connectivity index (χ3n) is 8.29. The summed E-state index contributed by atoms with van der Waals surface area (Å²) in [4.78, 5) is 13.4. The third-order valence-corrected chi connectivity index (χ3v) is 8.29. The van der Waals surface area contributed by atoms with Crippen LogP contribution in [0.5, 0.6) is 0 Å². The van der Waals surface area contributed by atoms with Crippen molar-refractivity contribution in [3.63, 3.8) is 0 Å². The van der Waals surface area contributed by atoms with Crippen molar-refractivity contribution in [2.75, 3.05) is 0 Å². The Kier molecular flexibility index (Phi) is 7.32. The average molecular weight is 628 g/mol. The fourth-order valence-corrected chi connectivity index (χ4v) is 6.18. The van der Waals surface area contributed by atoms with Gasteiger partial charge in [-0.1, -0.05) is 24.3 Å². The van der Waals surface area contributed by atoms with Crippen LogP contribution in [0.15, 0.2) is 91.0 Å². The molecule has 0 aliphatic carbocycles. The molecule has 0 saturated heterocycles. The number of rotatable bonds is 4. The Labute approximate surface area is 281 Å². The summed E-state index contributed by atoms with van der Waals surface area (Å²) < 4.78 is 2.01. The first kappa shape index (κ1) is 30.0. The standard InChI is InChI=1S/C40H21N9/c1-23-46-24(2)48-40(47-23)31-3-4-32(22-45)37(17-31)49-38-15-29(33-11-25(18-41)9-26(12-33)19-42)5-7-35(38)36-8-6-30(16-39(36)49)34-13-27(20-43)10-28(14-34)21-44/h3-17H,1-2H3. The van der Waals surface area contributed by atoms with Crippen LogP contribution in [0.2, 0.25) is 0 Å². The predicted octanol–water partition coefficient (Wildman–Crippen LogP) is 7.94. The Bertz CT molecular complexity index is 2540. The first-order chi connectivity index (χ1) is 23.8. The van der Waals surface area contributed by atoms with E-state index in [0.29, 0.717) is 67.7 Å². The van der Waals surface area contributed by atoms with Crippen LogP contribution < -0.4 is 0 Å². The minimum atomic E-state index is 0.373. The zero-order valence-corrected chi connectivity index (χ0v) is 26.2. The summed E-state index contributed by atoms with van der Waals surface area (Å²) in [6, 6.07) is 38.3. The van der Waals surface area contributed by atoms with Crippen molar-refractivity contribution in [2.45, 2.75) is 13.8 Å². The van der Waals surface area contributed by atoms with Crippen LogP contribution >= 0.6 is 0 Å². The molecule has 0 saturated carbocycles. The predicted molar refractivity (Wildman–Crippen MR) is 184 cm³/mol. The van der Waals surface area contributed by atoms with Crippen LogP contribution in [0.4, 0.5) is 0 Å². The van der Waals surface area contributed by atoms with E-state index in [9.17, 15) is 26.3 Å². The second-order valence-electron chi connectivity index (χ2n) is 11.4. The van der Waals surface area contributed by atoms with E-state index in [4.69, 9.17) is 0 Å². The highest BCUT2D eigenvalue weighted by atomic mass is 15.0. The quantitative estimate of drug-likeness (QED) is 0.190. The monoisotopic (exact) mass is 627 g/mol. The SMILES string of the molecule is Cc1nc(C)nc(-c2ccc(C#N)c(-n3c4cc(-c5cc(C#N)cc(C#N)c5)ccc4c4ccc(-c5cc(C#N)cc(C#N)c5)cc43)c2)n1. The topological polar surface area (TPSA) is 163 Å². The van der Waals surface area contributed by atoms with Gasteiger partial charge in [-0.3, -0.25) is 0 Å². The van der Waals surface area contributed by atoms with E-state index in [2.05, 4.69) is 45.3 Å². The zero-order valence-electron chi connectivity index (χ0n) is 26.2. The maximum absolute atomic E-state index is 10.4. The van der Waals surface area contributed by atoms with Crippen molar-refractivity contribution in [1.82, 2.24) is 19.5 Å². The highest BCUT2D eigenvalue weighted by Gasteiger charge is 2.19. The molecule has 7 rings (SSSR count). The molecule has 5 aromatic carbocycles. The second kappa shape index (κ2) is 11.9. The molecule has 0 amide bonds. The number of hydrogen-bond acceptors (Lipinski definition) is 8. The largest absolute Gasteiger partial charge is 0.308 e. The molecule has 0 aliphatic rings. The Hall–Kier alpha value is -7.64. The maximum Gasteiger partial charge on any atom is 0.163 e. The van der Waals surface area contributed by atoms with Crippen LogP contribution in [-0.4, -0.2) is 19.5 Å². The van der Waals surface area contributed by atoms with Gasteiger partial charge in [0, 0.05) is 16.3 Å². The van der Waals surface area contributed by atoms with Crippen LogP contribution in [0.25, 0.3) is 61.1 Å². The third kappa shape index (κ3) is 5.35. The highest BCUT2D eigenvalue weighted by molar-refractivity contribution is 6.11. The van der Waals surface area contributed by atoms with Gasteiger partial charge in [0.15, 0.2) is 5.82 Å². The fraction of sp³-hybridized carbons (Fsp3) is 0.0500. The molecule has 0 N–H and O–H groups in total. The first-order valence-corrected chi connectivity index (χ1v) is 15.1. The summed E-state index contributed by atoms with van der Waals surface area (Å²) in [5.41, 5.74) is 7.74. The minimum absolute atomic E-state index is 0.373. The molecule has 7 aromatic rings. The number of hydrogen-bond donors (Lipinski definition) is 0. The summed E-state index contributed by atoms with van der Waals surface area (Å²) >= 11 is 0. The Morgan fingerprint density at radius 2 is 0.898 bits per heavy atom. The van der Waals surface area contributed by atoms with Crippen molar-refractivity contribution < 1.29 is 0 Å². The molecule has 0 atom stereocenters. The molecule has 0 radical (unpaired) electrons. The van der Waals surface area contributed by atoms with E-state index in [1.165, 1.54) is 0 Å². The Morgan fingerprint density at radius 3 is 1.33 bits per heavy atom. The molecule has 226 valence electrons. The van der Waals surface area contributed by atoms with Crippen molar-refractivity contribution >= 4 is 21.8 Å². The first-order valence-electron chi connectivity index (χ1n) is 15.1. The van der Waals surface area contributed by atoms with Gasteiger partial charge in [-0.25, -0.2) is 15.0 Å². The number of nitriles is 5. The smallest absolute Gasteiger partial charge is 0.163 e. The molecule has 9 nitrogen and oxygen atoms in total. The van der Waals surface area contributed by atoms with Gasteiger partial charge in [-0.2, -0.15) is 26.3 Å². The van der Waals surface area contributed by atoms with Crippen LogP contribution in [-0.2, 0) is 0 Å². The van der Waals surface area contributed by atoms with Gasteiger partial charge in [-0.15, -0.1) is 0 Å². The number of benzene rings is 5. The summed E-state index contributed by atoms with van der Waals surface area (Å²) in [6.07, 6.45) is 0. The number of aromatic nitrogens is 4. The van der Waals surface area contributed by atoms with Crippen molar-refractivity contribution in [3.05, 3.63) is 130 Å². The number of aryl methyl sites for hydroxylation is 2. The van der Waals surface area contributed by atoms with Crippen molar-refractivity contribution in [3.8, 4) is 69.7 Å². The van der Waals surface area contributed by atoms with Gasteiger partial charge in [0.2, 0.25) is 0 Å². The lowest BCUT2D eigenvalue weighted by Crippen LogP contribution is -2.02. The lowest BCUT2D eigenvalue weighted by molar-refractivity contribution is 0.928. The maximum atomic E-state index is 10.4. The minimum Gasteiger partial charge on any atom is -0.308 e. The van der Waals surface area contributed by atoms with Crippen LogP contribution in [0.3, 0.4) is 0 Å². The zero-order chi connectivity index (χ0) is 34.2. The van der Waals surface area contributed by atoms with Gasteiger partial charge in [0.25, 0.3) is 0 Å². The molecule has 2 aromatic heterocycles. The van der Waals surface area contributed by atoms with E-state index in [1.807, 2.05) is 53.1 Å². The molecular formula is C40H21N9. The van der Waals surface area contributed by atoms with E-state index < -0.39 is 0 Å². The summed E-state index contributed by atoms with van der Waals surface area (Å²) in [5, 5.41) is 50.8. The summed E-state index contributed by atoms with van der Waals surface area (Å²) in [6.45, 7) is 3.60. The van der Waals surface area contributed by atoms with E-state index in [-0.39, 0.29) is 0 Å². The molecule has 9 heteroatoms. The summed E-state index contributed by atoms with van der Waals surface area (Å²) in [5.74, 6) is 1.63. The molecule has 49 heavy (non-hydrogen) atoms. The Morgan fingerprint density at radius 1 is 0.449 bits per heavy atom. The molecule has 0 fully saturated rings. The highest BCUT2D eigenvalue weighted by Crippen LogP contribution is 2.39. The lowest BCUT2D eigenvalue weighted by Gasteiger charge is -2.13. The fourth-order valence-electron chi connectivity index (χ4n) is 6.18. The van der Waals surface area contributed by atoms with Gasteiger partial charge in [0.05, 0.1) is 68.8 Å². The van der Waals surface area contributed by atoms with Crippen LogP contribution in [0.1, 0.15) is 39.5 Å². The second-order valence-corrected chi connectivity index (χ2v) is 11.4. The van der Waals surface area contributed by atoms with Gasteiger partial charge < -0.3 is 4.57 Å². The molecule has 0 spiro atoms. The molecule has 0 unspecified atom stereocenters. The average Bonchev–Trinajstić information content (AvgIpc) is 3.46. The van der Waals surface area contributed by atoms with E-state index in [0.717, 1.165) is 32.9 Å². The van der Waals surface area contributed by atoms with E-state index >= 15 is 0 Å². The normalized spacial score (nSPS) is 10.6. The number of nitrogens with zero attached hydrogens (tertiary/aromatic N) is 9. The molecule has 2 heterocycles.